The molecule has 392 valence electrons. The lowest BCUT2D eigenvalue weighted by atomic mass is 9.85. The topological polar surface area (TPSA) is 150 Å². The van der Waals surface area contributed by atoms with Gasteiger partial charge in [-0.15, -0.1) is 0 Å². The number of unbranched alkanes of at least 4 members (excludes halogenated alkanes) is 1. The Kier molecular flexibility index (Phi) is 16.9. The first-order valence-electron chi connectivity index (χ1n) is 25.4. The molecule has 9 rings (SSSR count). The average Bonchev–Trinajstić information content (AvgIpc) is 4.02. The van der Waals surface area contributed by atoms with Crippen molar-refractivity contribution in [3.63, 3.8) is 0 Å². The van der Waals surface area contributed by atoms with Crippen LogP contribution in [0.25, 0.3) is 23.5 Å². The second-order valence-corrected chi connectivity index (χ2v) is 20.4. The molecule has 3 aliphatic heterocycles. The van der Waals surface area contributed by atoms with Crippen molar-refractivity contribution in [3.8, 4) is 11.4 Å². The number of benzene rings is 4. The minimum Gasteiger partial charge on any atom is -0.347 e. The van der Waals surface area contributed by atoms with Gasteiger partial charge in [0.1, 0.15) is 11.6 Å². The number of guanidine groups is 2. The smallest absolute Gasteiger partial charge is 0.259 e. The lowest BCUT2D eigenvalue weighted by molar-refractivity contribution is -0.129. The van der Waals surface area contributed by atoms with Crippen molar-refractivity contribution in [2.24, 2.45) is 9.98 Å². The molecule has 2 amide bonds. The first-order chi connectivity index (χ1) is 35.8. The van der Waals surface area contributed by atoms with E-state index in [1.165, 1.54) is 24.3 Å². The fourth-order valence-electron chi connectivity index (χ4n) is 9.84. The second kappa shape index (κ2) is 23.1. The number of imidazole rings is 2. The molecule has 3 aliphatic rings. The molecule has 6 aromatic rings. The maximum atomic E-state index is 14.1. The zero-order valence-corrected chi connectivity index (χ0v) is 44.9. The van der Waals surface area contributed by atoms with Crippen LogP contribution in [0.3, 0.4) is 0 Å². The highest BCUT2D eigenvalue weighted by atomic mass is 19.1. The fraction of sp³-hybridized carbons (Fsp3) is 0.356. The number of carbonyl (C=O) groups excluding carboxylic acids is 2. The minimum atomic E-state index is -0.630. The first kappa shape index (κ1) is 54.9. The van der Waals surface area contributed by atoms with E-state index in [4.69, 9.17) is 19.9 Å². The van der Waals surface area contributed by atoms with E-state index in [2.05, 4.69) is 73.0 Å². The molecular formula is C59H68F2N10O4. The van der Waals surface area contributed by atoms with Crippen LogP contribution in [0, 0.1) is 49.3 Å². The Morgan fingerprint density at radius 3 is 1.64 bits per heavy atom. The van der Waals surface area contributed by atoms with Gasteiger partial charge in [0.15, 0.2) is 0 Å². The number of hydrogen-bond donors (Lipinski definition) is 1. The molecule has 4 aromatic carbocycles. The number of halogens is 2. The summed E-state index contributed by atoms with van der Waals surface area (Å²) in [5, 5.41) is 3.52. The molecule has 2 fully saturated rings. The molecule has 2 aromatic heterocycles. The fourth-order valence-corrected chi connectivity index (χ4v) is 9.84. The van der Waals surface area contributed by atoms with Crippen LogP contribution in [0.2, 0.25) is 0 Å². The number of nitrogens with one attached hydrogen (secondary N) is 1. The van der Waals surface area contributed by atoms with Crippen LogP contribution in [-0.2, 0) is 9.59 Å². The van der Waals surface area contributed by atoms with Crippen LogP contribution < -0.4 is 5.32 Å². The average molecular weight is 1020 g/mol. The maximum absolute atomic E-state index is 14.1. The molecule has 1 N–H and O–H groups in total. The standard InChI is InChI=1S/C30H36FN5O.C29H32FN5O.O2/c1-7-8-15-32-29-34-30(5,6)26(28(37)36(29)22(4)24-10-12-25(31)13-11-24)17-23-9-14-27(20(2)16-23)35-18-21(3)33-19-35;1-19-15-22(7-12-26(19)33-17-20(2)32-18-33)16-25-27(36)35(21(3)23-8-10-24(30)11-9-23)28-31-13-6-14-34(28)29(25,4)5;1-2/h9-14,16-19,22H,7-8,15H2,1-6H3,(H,32,34);7-12,15-18,21H,6,13-14H2,1-5H3;/b26-17-;25-16-;. The van der Waals surface area contributed by atoms with Crippen molar-refractivity contribution in [3.05, 3.63) is 187 Å². The predicted octanol–water partition coefficient (Wildman–Crippen LogP) is 11.7. The summed E-state index contributed by atoms with van der Waals surface area (Å²) < 4.78 is 31.2. The zero-order valence-electron chi connectivity index (χ0n) is 44.9. The minimum absolute atomic E-state index is 0.0688. The van der Waals surface area contributed by atoms with E-state index < -0.39 is 11.1 Å². The molecule has 0 radical (unpaired) electrons. The van der Waals surface area contributed by atoms with Gasteiger partial charge in [-0.2, -0.15) is 0 Å². The SMILES string of the molecule is CCCCN=C1NC(C)(C)/C(=C\c2ccc(-n3cnc(C)c3)c(C)c2)C(=O)N1C(C)c1ccc(F)cc1.Cc1cn(-c2ccc(/C=C3/C(=O)N(C(C)c4ccc(F)cc4)C4=NCCCN4C3(C)C)cc2C)cn1.O=O. The van der Waals surface area contributed by atoms with Gasteiger partial charge in [-0.05, 0) is 176 Å². The van der Waals surface area contributed by atoms with Crippen LogP contribution in [0.4, 0.5) is 8.78 Å². The maximum Gasteiger partial charge on any atom is 0.259 e. The van der Waals surface area contributed by atoms with Gasteiger partial charge in [-0.1, -0.05) is 49.7 Å². The number of amides is 2. The third-order valence-corrected chi connectivity index (χ3v) is 14.1. The van der Waals surface area contributed by atoms with E-state index in [0.717, 1.165) is 82.0 Å². The summed E-state index contributed by atoms with van der Waals surface area (Å²) >= 11 is 0. The van der Waals surface area contributed by atoms with Crippen LogP contribution in [0.1, 0.15) is 125 Å². The molecule has 0 spiro atoms. The molecule has 14 nitrogen and oxygen atoms in total. The number of aliphatic imine (C=N–C) groups is 2. The zero-order chi connectivity index (χ0) is 54.4. The highest BCUT2D eigenvalue weighted by molar-refractivity contribution is 6.13. The quantitative estimate of drug-likeness (QED) is 0.0995. The Morgan fingerprint density at radius 2 is 1.17 bits per heavy atom. The third-order valence-electron chi connectivity index (χ3n) is 14.1. The van der Waals surface area contributed by atoms with E-state index in [0.29, 0.717) is 36.2 Å². The van der Waals surface area contributed by atoms with Gasteiger partial charge in [0.05, 0.1) is 47.2 Å². The third kappa shape index (κ3) is 11.9. The monoisotopic (exact) mass is 1020 g/mol. The predicted molar refractivity (Wildman–Crippen MR) is 294 cm³/mol. The van der Waals surface area contributed by atoms with Gasteiger partial charge in [0.2, 0.25) is 11.9 Å². The molecule has 5 heterocycles. The first-order valence-corrected chi connectivity index (χ1v) is 25.4. The van der Waals surface area contributed by atoms with Gasteiger partial charge in [0, 0.05) is 64.5 Å². The number of hydrogen-bond acceptors (Lipinski definition) is 9. The normalized spacial score (nSPS) is 18.4. The van der Waals surface area contributed by atoms with Crippen LogP contribution >= 0.6 is 0 Å². The van der Waals surface area contributed by atoms with Gasteiger partial charge >= 0.3 is 0 Å². The molecule has 2 atom stereocenters. The summed E-state index contributed by atoms with van der Waals surface area (Å²) in [7, 11) is 0. The Balaban J connectivity index is 0.000000212. The van der Waals surface area contributed by atoms with Gasteiger partial charge < -0.3 is 19.4 Å². The Hall–Kier alpha value is -7.88. The molecule has 2 saturated heterocycles. The van der Waals surface area contributed by atoms with E-state index in [9.17, 15) is 18.4 Å². The molecule has 16 heteroatoms. The summed E-state index contributed by atoms with van der Waals surface area (Å²) in [6, 6.07) is 24.4. The largest absolute Gasteiger partial charge is 0.347 e. The van der Waals surface area contributed by atoms with E-state index in [1.807, 2.05) is 106 Å². The highest BCUT2D eigenvalue weighted by Crippen LogP contribution is 2.39. The highest BCUT2D eigenvalue weighted by Gasteiger charge is 2.48. The molecule has 75 heavy (non-hydrogen) atoms. The van der Waals surface area contributed by atoms with Crippen LogP contribution in [-0.4, -0.2) is 88.2 Å². The summed E-state index contributed by atoms with van der Waals surface area (Å²) in [6.45, 7) is 24.4. The van der Waals surface area contributed by atoms with E-state index in [-0.39, 0.29) is 35.5 Å². The summed E-state index contributed by atoms with van der Waals surface area (Å²) in [4.78, 5) is 66.1. The number of aromatic nitrogens is 4. The summed E-state index contributed by atoms with van der Waals surface area (Å²) in [5.74, 6) is 0.483. The van der Waals surface area contributed by atoms with Gasteiger partial charge in [-0.25, -0.2) is 18.7 Å². The lowest BCUT2D eigenvalue weighted by Gasteiger charge is -2.52. The van der Waals surface area contributed by atoms with Crippen molar-refractivity contribution < 1.29 is 18.4 Å². The number of carbonyl (C=O) groups is 2. The number of aryl methyl sites for hydroxylation is 4. The Bertz CT molecular complexity index is 3150. The van der Waals surface area contributed by atoms with Crippen molar-refractivity contribution in [1.29, 1.82) is 0 Å². The molecule has 0 saturated carbocycles. The van der Waals surface area contributed by atoms with E-state index in [1.54, 1.807) is 34.1 Å². The number of nitrogens with zero attached hydrogens (tertiary/aromatic N) is 9. The van der Waals surface area contributed by atoms with Crippen molar-refractivity contribution in [2.45, 2.75) is 119 Å². The van der Waals surface area contributed by atoms with E-state index >= 15 is 0 Å². The van der Waals surface area contributed by atoms with Gasteiger partial charge in [0.25, 0.3) is 11.8 Å². The second-order valence-electron chi connectivity index (χ2n) is 20.4. The van der Waals surface area contributed by atoms with Crippen molar-refractivity contribution >= 4 is 35.9 Å². The molecule has 0 aliphatic carbocycles. The van der Waals surface area contributed by atoms with Crippen molar-refractivity contribution in [1.82, 2.24) is 39.1 Å². The van der Waals surface area contributed by atoms with Gasteiger partial charge in [-0.3, -0.25) is 29.4 Å². The Labute approximate surface area is 438 Å². The summed E-state index contributed by atoms with van der Waals surface area (Å²) in [6.07, 6.45) is 14.5. The number of rotatable bonds is 11. The number of fused-ring (bicyclic) bond motifs is 1. The molecular weight excluding hydrogens is 951 g/mol. The molecule has 0 bridgehead atoms. The Morgan fingerprint density at radius 1 is 0.693 bits per heavy atom. The van der Waals surface area contributed by atoms with Crippen LogP contribution in [0.5, 0.6) is 0 Å². The van der Waals surface area contributed by atoms with Crippen LogP contribution in [0.15, 0.2) is 131 Å². The summed E-state index contributed by atoms with van der Waals surface area (Å²) in [5.41, 5.74) is 10.0. The van der Waals surface area contributed by atoms with Crippen molar-refractivity contribution in [2.75, 3.05) is 19.6 Å². The lowest BCUT2D eigenvalue weighted by Crippen LogP contribution is -2.65. The molecule has 2 unspecified atom stereocenters.